The number of hydrogen-bond acceptors (Lipinski definition) is 7. The fourth-order valence-electron chi connectivity index (χ4n) is 2.37. The second kappa shape index (κ2) is 8.09. The normalized spacial score (nSPS) is 11.3. The van der Waals surface area contributed by atoms with Gasteiger partial charge in [0.2, 0.25) is 5.89 Å². The summed E-state index contributed by atoms with van der Waals surface area (Å²) in [5.41, 5.74) is -0.365. The van der Waals surface area contributed by atoms with Crippen molar-refractivity contribution in [2.45, 2.75) is 19.2 Å². The SMILES string of the molecule is O=C(Cc1cccc(C(F)(F)F)c1)OCc1nnc(-c2ccc([N+](=O)[O-])cc2)o1. The highest BCUT2D eigenvalue weighted by molar-refractivity contribution is 5.72. The topological polar surface area (TPSA) is 108 Å². The molecule has 0 radical (unpaired) electrons. The maximum atomic E-state index is 12.7. The Hall–Kier alpha value is -3.76. The van der Waals surface area contributed by atoms with E-state index < -0.39 is 22.6 Å². The molecule has 0 aliphatic carbocycles. The van der Waals surface area contributed by atoms with Gasteiger partial charge in [-0.05, 0) is 23.8 Å². The summed E-state index contributed by atoms with van der Waals surface area (Å²) < 4.78 is 48.4. The van der Waals surface area contributed by atoms with Gasteiger partial charge in [-0.15, -0.1) is 10.2 Å². The third-order valence-electron chi connectivity index (χ3n) is 3.75. The number of nitrogens with zero attached hydrogens (tertiary/aromatic N) is 3. The van der Waals surface area contributed by atoms with Gasteiger partial charge in [-0.2, -0.15) is 13.2 Å². The van der Waals surface area contributed by atoms with Gasteiger partial charge in [0, 0.05) is 17.7 Å². The molecule has 0 N–H and O–H groups in total. The van der Waals surface area contributed by atoms with Crippen LogP contribution in [0.3, 0.4) is 0 Å². The van der Waals surface area contributed by atoms with Crippen LogP contribution in [0.5, 0.6) is 0 Å². The fraction of sp³-hybridized carbons (Fsp3) is 0.167. The molecule has 1 aromatic heterocycles. The maximum Gasteiger partial charge on any atom is 0.416 e. The lowest BCUT2D eigenvalue weighted by Crippen LogP contribution is -2.10. The highest BCUT2D eigenvalue weighted by Crippen LogP contribution is 2.29. The number of carbonyl (C=O) groups is 1. The summed E-state index contributed by atoms with van der Waals surface area (Å²) in [5, 5.41) is 18.1. The van der Waals surface area contributed by atoms with Crippen LogP contribution >= 0.6 is 0 Å². The smallest absolute Gasteiger partial charge is 0.416 e. The highest BCUT2D eigenvalue weighted by atomic mass is 19.4. The molecule has 1 heterocycles. The molecule has 150 valence electrons. The van der Waals surface area contributed by atoms with Crippen molar-refractivity contribution in [3.8, 4) is 11.5 Å². The number of hydrogen-bond donors (Lipinski definition) is 0. The van der Waals surface area contributed by atoms with Crippen LogP contribution in [0.1, 0.15) is 17.0 Å². The number of non-ortho nitro benzene ring substituents is 1. The Morgan fingerprint density at radius 2 is 1.86 bits per heavy atom. The number of esters is 1. The van der Waals surface area contributed by atoms with E-state index in [1.807, 2.05) is 0 Å². The zero-order chi connectivity index (χ0) is 21.0. The van der Waals surface area contributed by atoms with Crippen molar-refractivity contribution in [2.24, 2.45) is 0 Å². The quantitative estimate of drug-likeness (QED) is 0.346. The molecule has 3 aromatic rings. The lowest BCUT2D eigenvalue weighted by Gasteiger charge is -2.08. The van der Waals surface area contributed by atoms with Crippen molar-refractivity contribution in [1.29, 1.82) is 0 Å². The van der Waals surface area contributed by atoms with Gasteiger partial charge in [-0.1, -0.05) is 18.2 Å². The van der Waals surface area contributed by atoms with Gasteiger partial charge in [0.1, 0.15) is 0 Å². The Morgan fingerprint density at radius 3 is 2.52 bits per heavy atom. The molecule has 0 saturated heterocycles. The third-order valence-corrected chi connectivity index (χ3v) is 3.75. The number of nitro benzene ring substituents is 1. The first kappa shape index (κ1) is 20.0. The van der Waals surface area contributed by atoms with Crippen molar-refractivity contribution < 1.29 is 32.0 Å². The zero-order valence-corrected chi connectivity index (χ0v) is 14.5. The van der Waals surface area contributed by atoms with Crippen molar-refractivity contribution >= 4 is 11.7 Å². The molecule has 11 heteroatoms. The minimum atomic E-state index is -4.50. The number of nitro groups is 1. The molecule has 8 nitrogen and oxygen atoms in total. The molecule has 0 amide bonds. The molecule has 29 heavy (non-hydrogen) atoms. The fourth-order valence-corrected chi connectivity index (χ4v) is 2.37. The van der Waals surface area contributed by atoms with E-state index in [1.165, 1.54) is 36.4 Å². The molecule has 0 aliphatic heterocycles. The second-order valence-corrected chi connectivity index (χ2v) is 5.84. The first-order valence-corrected chi connectivity index (χ1v) is 8.11. The van der Waals surface area contributed by atoms with Gasteiger partial charge in [0.05, 0.1) is 16.9 Å². The van der Waals surface area contributed by atoms with Crippen LogP contribution in [0.2, 0.25) is 0 Å². The van der Waals surface area contributed by atoms with Crippen molar-refractivity contribution in [3.63, 3.8) is 0 Å². The number of rotatable bonds is 6. The molecular formula is C18H12F3N3O5. The Bertz CT molecular complexity index is 1030. The van der Waals surface area contributed by atoms with Crippen molar-refractivity contribution in [2.75, 3.05) is 0 Å². The van der Waals surface area contributed by atoms with E-state index in [0.717, 1.165) is 12.1 Å². The molecule has 0 spiro atoms. The Labute approximate surface area is 161 Å². The molecule has 0 bridgehead atoms. The summed E-state index contributed by atoms with van der Waals surface area (Å²) >= 11 is 0. The Morgan fingerprint density at radius 1 is 1.14 bits per heavy atom. The zero-order valence-electron chi connectivity index (χ0n) is 14.5. The first-order valence-electron chi connectivity index (χ1n) is 8.11. The van der Waals surface area contributed by atoms with Crippen LogP contribution < -0.4 is 0 Å². The second-order valence-electron chi connectivity index (χ2n) is 5.84. The molecule has 0 saturated carbocycles. The van der Waals surface area contributed by atoms with E-state index in [4.69, 9.17) is 9.15 Å². The average Bonchev–Trinajstić information content (AvgIpc) is 3.15. The minimum absolute atomic E-state index is 0.0317. The summed E-state index contributed by atoms with van der Waals surface area (Å²) in [7, 11) is 0. The molecule has 0 fully saturated rings. The summed E-state index contributed by atoms with van der Waals surface area (Å²) in [6.07, 6.45) is -4.86. The van der Waals surface area contributed by atoms with E-state index in [-0.39, 0.29) is 36.1 Å². The molecular weight excluding hydrogens is 395 g/mol. The van der Waals surface area contributed by atoms with E-state index in [0.29, 0.717) is 5.56 Å². The average molecular weight is 407 g/mol. The summed E-state index contributed by atoms with van der Waals surface area (Å²) in [5.74, 6) is -0.723. The molecule has 2 aromatic carbocycles. The van der Waals surface area contributed by atoms with Gasteiger partial charge >= 0.3 is 12.1 Å². The molecule has 0 unspecified atom stereocenters. The van der Waals surface area contributed by atoms with Gasteiger partial charge in [-0.3, -0.25) is 14.9 Å². The van der Waals surface area contributed by atoms with E-state index in [2.05, 4.69) is 10.2 Å². The van der Waals surface area contributed by atoms with Crippen LogP contribution in [0, 0.1) is 10.1 Å². The predicted molar refractivity (Wildman–Crippen MR) is 91.3 cm³/mol. The van der Waals surface area contributed by atoms with Gasteiger partial charge in [-0.25, -0.2) is 0 Å². The van der Waals surface area contributed by atoms with Gasteiger partial charge < -0.3 is 9.15 Å². The summed E-state index contributed by atoms with van der Waals surface area (Å²) in [6, 6.07) is 9.77. The number of carbonyl (C=O) groups excluding carboxylic acids is 1. The van der Waals surface area contributed by atoms with E-state index in [9.17, 15) is 28.1 Å². The summed E-state index contributed by atoms with van der Waals surface area (Å²) in [6.45, 7) is -0.363. The lowest BCUT2D eigenvalue weighted by atomic mass is 10.1. The standard InChI is InChI=1S/C18H12F3N3O5/c19-18(20,21)13-3-1-2-11(8-13)9-16(25)28-10-15-22-23-17(29-15)12-4-6-14(7-5-12)24(26)27/h1-8H,9-10H2. The Kier molecular flexibility index (Phi) is 5.57. The number of alkyl halides is 3. The first-order chi connectivity index (χ1) is 13.7. The van der Waals surface area contributed by atoms with Crippen LogP contribution in [0.25, 0.3) is 11.5 Å². The van der Waals surface area contributed by atoms with Gasteiger partial charge in [0.15, 0.2) is 6.61 Å². The molecule has 3 rings (SSSR count). The third kappa shape index (κ3) is 5.15. The molecule has 0 aliphatic rings. The molecule has 0 atom stereocenters. The van der Waals surface area contributed by atoms with Gasteiger partial charge in [0.25, 0.3) is 11.6 Å². The van der Waals surface area contributed by atoms with Crippen LogP contribution in [-0.4, -0.2) is 21.1 Å². The number of ether oxygens (including phenoxy) is 1. The maximum absolute atomic E-state index is 12.7. The highest BCUT2D eigenvalue weighted by Gasteiger charge is 2.30. The van der Waals surface area contributed by atoms with Crippen LogP contribution in [-0.2, 0) is 28.7 Å². The number of aromatic nitrogens is 2. The minimum Gasteiger partial charge on any atom is -0.455 e. The van der Waals surface area contributed by atoms with E-state index in [1.54, 1.807) is 0 Å². The van der Waals surface area contributed by atoms with Crippen LogP contribution in [0.15, 0.2) is 52.9 Å². The van der Waals surface area contributed by atoms with Crippen LogP contribution in [0.4, 0.5) is 18.9 Å². The Balaban J connectivity index is 1.58. The largest absolute Gasteiger partial charge is 0.455 e. The van der Waals surface area contributed by atoms with Crippen molar-refractivity contribution in [1.82, 2.24) is 10.2 Å². The monoisotopic (exact) mass is 407 g/mol. The van der Waals surface area contributed by atoms with Crippen molar-refractivity contribution in [3.05, 3.63) is 75.7 Å². The number of halogens is 3. The predicted octanol–water partition coefficient (Wildman–Crippen LogP) is 3.95. The lowest BCUT2D eigenvalue weighted by molar-refractivity contribution is -0.384. The van der Waals surface area contributed by atoms with E-state index >= 15 is 0 Å². The number of benzene rings is 2. The summed E-state index contributed by atoms with van der Waals surface area (Å²) in [4.78, 5) is 22.0.